The van der Waals surface area contributed by atoms with Crippen molar-refractivity contribution in [2.45, 2.75) is 33.2 Å². The molecule has 71 valence electrons. The summed E-state index contributed by atoms with van der Waals surface area (Å²) in [5.41, 5.74) is 0.292. The third-order valence-electron chi connectivity index (χ3n) is 0.704. The van der Waals surface area contributed by atoms with Crippen LogP contribution in [-0.2, 0) is 20.7 Å². The van der Waals surface area contributed by atoms with Gasteiger partial charge in [-0.05, 0) is 17.9 Å². The molecule has 0 aliphatic rings. The molecule has 0 atom stereocenters. The van der Waals surface area contributed by atoms with Crippen LogP contribution in [0.2, 0.25) is 0 Å². The summed E-state index contributed by atoms with van der Waals surface area (Å²) in [5, 5.41) is 0. The monoisotopic (exact) mass is 220 g/mol. The molecule has 0 heterocycles. The Morgan fingerprint density at radius 3 is 1.67 bits per heavy atom. The molecule has 0 aliphatic heterocycles. The van der Waals surface area contributed by atoms with Crippen LogP contribution in [0.5, 0.6) is 0 Å². The molecule has 0 saturated carbocycles. The number of hydrogen-bond donors (Lipinski definition) is 1. The fourth-order valence-corrected chi connectivity index (χ4v) is 0.136. The van der Waals surface area contributed by atoms with Crippen LogP contribution in [0.1, 0.15) is 27.7 Å². The van der Waals surface area contributed by atoms with Crippen molar-refractivity contribution in [1.82, 2.24) is 3.80 Å². The molecule has 0 aromatic heterocycles. The van der Waals surface area contributed by atoms with E-state index in [4.69, 9.17) is 0 Å². The van der Waals surface area contributed by atoms with Gasteiger partial charge in [-0.15, -0.1) is 0 Å². The minimum absolute atomic E-state index is 0. The SMILES string of the molecule is C=CC=CC.CC(C)(C)[NH][Ti].[SiH4]. The minimum Gasteiger partial charge on any atom is -0.0149 e. The summed E-state index contributed by atoms with van der Waals surface area (Å²) in [6.45, 7) is 11.8. The van der Waals surface area contributed by atoms with E-state index in [9.17, 15) is 0 Å². The molecule has 12 heavy (non-hydrogen) atoms. The molecule has 0 saturated heterocycles. The zero-order chi connectivity index (χ0) is 9.33. The molecule has 3 heteroatoms. The van der Waals surface area contributed by atoms with Crippen molar-refractivity contribution in [3.63, 3.8) is 0 Å². The topological polar surface area (TPSA) is 12.0 Å². The second-order valence-electron chi connectivity index (χ2n) is 3.14. The van der Waals surface area contributed by atoms with Crippen molar-refractivity contribution < 1.29 is 20.7 Å². The van der Waals surface area contributed by atoms with E-state index in [1.165, 1.54) is 0 Å². The van der Waals surface area contributed by atoms with E-state index in [2.05, 4.69) is 31.1 Å². The maximum atomic E-state index is 3.46. The Morgan fingerprint density at radius 2 is 1.67 bits per heavy atom. The minimum atomic E-state index is 0. The van der Waals surface area contributed by atoms with Crippen LogP contribution in [0.4, 0.5) is 0 Å². The van der Waals surface area contributed by atoms with Crippen molar-refractivity contribution >= 4 is 11.0 Å². The first kappa shape index (κ1) is 18.2. The van der Waals surface area contributed by atoms with Crippen molar-refractivity contribution in [2.24, 2.45) is 0 Å². The van der Waals surface area contributed by atoms with Crippen LogP contribution >= 0.6 is 0 Å². The second kappa shape index (κ2) is 11.4. The van der Waals surface area contributed by atoms with Gasteiger partial charge in [-0.3, -0.25) is 0 Å². The van der Waals surface area contributed by atoms with Crippen LogP contribution < -0.4 is 3.80 Å². The smallest absolute Gasteiger partial charge is 0.0149 e. The summed E-state index contributed by atoms with van der Waals surface area (Å²) >= 11 is 1.96. The molecule has 0 aromatic rings. The summed E-state index contributed by atoms with van der Waals surface area (Å²) in [6, 6.07) is 0. The van der Waals surface area contributed by atoms with E-state index in [1.54, 1.807) is 6.08 Å². The van der Waals surface area contributed by atoms with Crippen molar-refractivity contribution in [3.8, 4) is 0 Å². The predicted octanol–water partition coefficient (Wildman–Crippen LogP) is 1.13. The molecule has 0 radical (unpaired) electrons. The van der Waals surface area contributed by atoms with Gasteiger partial charge in [-0.25, -0.2) is 0 Å². The normalized spacial score (nSPS) is 9.58. The van der Waals surface area contributed by atoms with E-state index < -0.39 is 0 Å². The van der Waals surface area contributed by atoms with Gasteiger partial charge >= 0.3 is 50.8 Å². The van der Waals surface area contributed by atoms with Crippen molar-refractivity contribution in [1.29, 1.82) is 0 Å². The van der Waals surface area contributed by atoms with Crippen LogP contribution in [0.25, 0.3) is 0 Å². The summed E-state index contributed by atoms with van der Waals surface area (Å²) < 4.78 is 3.10. The predicted molar refractivity (Wildman–Crippen MR) is 59.2 cm³/mol. The van der Waals surface area contributed by atoms with Crippen LogP contribution in [-0.4, -0.2) is 16.5 Å². The molecular weight excluding hydrogens is 198 g/mol. The van der Waals surface area contributed by atoms with Gasteiger partial charge in [-0.2, -0.15) is 0 Å². The first-order chi connectivity index (χ1) is 4.97. The van der Waals surface area contributed by atoms with Gasteiger partial charge in [0, 0.05) is 0 Å². The standard InChI is InChI=1S/C5H8.C4H10N.H4Si.Ti/c1-3-5-4-2;1-4(2,3)5;;/h3-5H,1H2,2H3;5H,1-3H3;1H4;/q;-1;;+1. The average molecular weight is 220 g/mol. The molecule has 0 aromatic carbocycles. The Hall–Kier alpha value is 0.371. The van der Waals surface area contributed by atoms with Gasteiger partial charge in [0.1, 0.15) is 0 Å². The first-order valence-corrected chi connectivity index (χ1v) is 4.43. The molecular formula is C9H22NSiTi. The Labute approximate surface area is 93.4 Å². The van der Waals surface area contributed by atoms with E-state index in [0.717, 1.165) is 0 Å². The fraction of sp³-hybridized carbons (Fsp3) is 0.556. The Kier molecular flexibility index (Phi) is 17.3. The van der Waals surface area contributed by atoms with Crippen molar-refractivity contribution in [3.05, 3.63) is 24.8 Å². The summed E-state index contributed by atoms with van der Waals surface area (Å²) in [5.74, 6) is 0. The van der Waals surface area contributed by atoms with E-state index in [-0.39, 0.29) is 11.0 Å². The maximum Gasteiger partial charge on any atom is -0.0149 e. The van der Waals surface area contributed by atoms with Gasteiger partial charge in [-0.1, -0.05) is 24.8 Å². The molecule has 0 unspecified atom stereocenters. The fourth-order valence-electron chi connectivity index (χ4n) is 0.136. The van der Waals surface area contributed by atoms with Crippen LogP contribution in [0.15, 0.2) is 24.8 Å². The quantitative estimate of drug-likeness (QED) is 0.516. The second-order valence-corrected chi connectivity index (χ2v) is 3.53. The van der Waals surface area contributed by atoms with E-state index in [1.807, 2.05) is 39.8 Å². The molecule has 1 N–H and O–H groups in total. The van der Waals surface area contributed by atoms with E-state index >= 15 is 0 Å². The third-order valence-corrected chi connectivity index (χ3v) is 1.87. The Balaban J connectivity index is -0.000000126. The number of nitrogens with one attached hydrogen (secondary N) is 1. The zero-order valence-electron chi connectivity index (χ0n) is 7.94. The summed E-state index contributed by atoms with van der Waals surface area (Å²) in [6.07, 6.45) is 5.58. The molecule has 0 bridgehead atoms. The summed E-state index contributed by atoms with van der Waals surface area (Å²) in [4.78, 5) is 0. The number of hydrogen-bond acceptors (Lipinski definition) is 1. The van der Waals surface area contributed by atoms with Gasteiger partial charge in [0.05, 0.1) is 0 Å². The van der Waals surface area contributed by atoms with Gasteiger partial charge in [0.15, 0.2) is 0 Å². The molecule has 0 amide bonds. The molecule has 0 spiro atoms. The molecule has 1 nitrogen and oxygen atoms in total. The zero-order valence-corrected chi connectivity index (χ0v) is 9.50. The number of allylic oxidation sites excluding steroid dienone is 3. The van der Waals surface area contributed by atoms with Crippen molar-refractivity contribution in [2.75, 3.05) is 0 Å². The van der Waals surface area contributed by atoms with Gasteiger partial charge < -0.3 is 0 Å². The first-order valence-electron chi connectivity index (χ1n) is 3.65. The maximum absolute atomic E-state index is 3.46. The van der Waals surface area contributed by atoms with Crippen LogP contribution in [0.3, 0.4) is 0 Å². The molecule has 0 aliphatic carbocycles. The van der Waals surface area contributed by atoms with Gasteiger partial charge in [0.25, 0.3) is 0 Å². The molecule has 0 rings (SSSR count). The Morgan fingerprint density at radius 1 is 1.33 bits per heavy atom. The van der Waals surface area contributed by atoms with Gasteiger partial charge in [0.2, 0.25) is 0 Å². The van der Waals surface area contributed by atoms with Crippen LogP contribution in [0, 0.1) is 0 Å². The Bertz CT molecular complexity index is 116. The number of rotatable bonds is 1. The average Bonchev–Trinajstić information content (AvgIpc) is 1.90. The largest absolute Gasteiger partial charge is 0.0149 e. The molecule has 0 fully saturated rings. The summed E-state index contributed by atoms with van der Waals surface area (Å²) in [7, 11) is 0. The van der Waals surface area contributed by atoms with E-state index in [0.29, 0.717) is 5.54 Å². The third kappa shape index (κ3) is 31.6.